The van der Waals surface area contributed by atoms with Crippen molar-refractivity contribution in [3.63, 3.8) is 0 Å². The number of aromatic amines is 1. The molecule has 2 aromatic rings. The van der Waals surface area contributed by atoms with Crippen LogP contribution in [0.25, 0.3) is 10.9 Å². The molecular weight excluding hydrogens is 200 g/mol. The van der Waals surface area contributed by atoms with Gasteiger partial charge in [-0.2, -0.15) is 5.26 Å². The summed E-state index contributed by atoms with van der Waals surface area (Å²) in [5.41, 5.74) is 2.03. The van der Waals surface area contributed by atoms with E-state index in [1.807, 2.05) is 19.1 Å². The number of aromatic nitrogens is 1. The summed E-state index contributed by atoms with van der Waals surface area (Å²) in [6, 6.07) is 7.54. The highest BCUT2D eigenvalue weighted by Crippen LogP contribution is 2.23. The van der Waals surface area contributed by atoms with E-state index in [0.717, 1.165) is 17.3 Å². The van der Waals surface area contributed by atoms with Gasteiger partial charge in [0.1, 0.15) is 0 Å². The lowest BCUT2D eigenvalue weighted by molar-refractivity contribution is 0.0983. The normalized spacial score (nSPS) is 10.2. The summed E-state index contributed by atoms with van der Waals surface area (Å²) < 4.78 is 0. The number of hydrogen-bond donors (Lipinski definition) is 1. The number of nitriles is 1. The third kappa shape index (κ3) is 1.59. The topological polar surface area (TPSA) is 56.6 Å². The first-order valence-corrected chi connectivity index (χ1v) is 5.31. The number of nitrogens with zero attached hydrogens (tertiary/aromatic N) is 1. The van der Waals surface area contributed by atoms with Crippen LogP contribution in [0.2, 0.25) is 0 Å². The molecular formula is C13H12N2O. The van der Waals surface area contributed by atoms with Gasteiger partial charge in [0.25, 0.3) is 0 Å². The molecule has 0 saturated heterocycles. The molecule has 1 N–H and O–H groups in total. The fraction of sp³-hybridized carbons (Fsp3) is 0.231. The molecule has 0 radical (unpaired) electrons. The van der Waals surface area contributed by atoms with Gasteiger partial charge < -0.3 is 4.98 Å². The SMILES string of the molecule is CCCC(=O)c1c[nH]c2cccc(C#N)c12. The number of ketones is 1. The van der Waals surface area contributed by atoms with Crippen LogP contribution in [0.15, 0.2) is 24.4 Å². The summed E-state index contributed by atoms with van der Waals surface area (Å²) in [5, 5.41) is 9.77. The summed E-state index contributed by atoms with van der Waals surface area (Å²) in [6.45, 7) is 1.97. The van der Waals surface area contributed by atoms with Crippen LogP contribution in [0.3, 0.4) is 0 Å². The zero-order valence-corrected chi connectivity index (χ0v) is 9.08. The standard InChI is InChI=1S/C13H12N2O/c1-2-4-12(16)10-8-15-11-6-3-5-9(7-14)13(10)11/h3,5-6,8,15H,2,4H2,1H3. The number of carbonyl (C=O) groups is 1. The lowest BCUT2D eigenvalue weighted by Crippen LogP contribution is -1.97. The Kier molecular flexibility index (Phi) is 2.74. The maximum atomic E-state index is 11.9. The van der Waals surface area contributed by atoms with Crippen molar-refractivity contribution in [3.05, 3.63) is 35.5 Å². The van der Waals surface area contributed by atoms with Crippen molar-refractivity contribution in [3.8, 4) is 6.07 Å². The van der Waals surface area contributed by atoms with E-state index in [0.29, 0.717) is 17.5 Å². The van der Waals surface area contributed by atoms with E-state index in [9.17, 15) is 4.79 Å². The van der Waals surface area contributed by atoms with Crippen LogP contribution in [-0.2, 0) is 0 Å². The molecule has 0 unspecified atom stereocenters. The predicted octanol–water partition coefficient (Wildman–Crippen LogP) is 3.02. The number of benzene rings is 1. The Morgan fingerprint density at radius 2 is 2.31 bits per heavy atom. The minimum Gasteiger partial charge on any atom is -0.360 e. The summed E-state index contributed by atoms with van der Waals surface area (Å²) in [6.07, 6.45) is 3.04. The highest BCUT2D eigenvalue weighted by atomic mass is 16.1. The highest BCUT2D eigenvalue weighted by Gasteiger charge is 2.13. The maximum Gasteiger partial charge on any atom is 0.165 e. The van der Waals surface area contributed by atoms with E-state index < -0.39 is 0 Å². The first-order chi connectivity index (χ1) is 7.77. The Bertz CT molecular complexity index is 575. The number of carbonyl (C=O) groups excluding carboxylic acids is 1. The van der Waals surface area contributed by atoms with Gasteiger partial charge >= 0.3 is 0 Å². The zero-order valence-electron chi connectivity index (χ0n) is 9.08. The van der Waals surface area contributed by atoms with Crippen LogP contribution in [0.4, 0.5) is 0 Å². The van der Waals surface area contributed by atoms with Gasteiger partial charge in [0.2, 0.25) is 0 Å². The summed E-state index contributed by atoms with van der Waals surface area (Å²) >= 11 is 0. The van der Waals surface area contributed by atoms with Crippen molar-refractivity contribution in [2.45, 2.75) is 19.8 Å². The fourth-order valence-corrected chi connectivity index (χ4v) is 1.86. The predicted molar refractivity (Wildman–Crippen MR) is 62.3 cm³/mol. The molecule has 0 bridgehead atoms. The van der Waals surface area contributed by atoms with Crippen molar-refractivity contribution in [2.24, 2.45) is 0 Å². The second-order valence-corrected chi connectivity index (χ2v) is 3.72. The quantitative estimate of drug-likeness (QED) is 0.795. The van der Waals surface area contributed by atoms with Crippen LogP contribution in [0.5, 0.6) is 0 Å². The van der Waals surface area contributed by atoms with Gasteiger partial charge in [0.15, 0.2) is 5.78 Å². The molecule has 16 heavy (non-hydrogen) atoms. The van der Waals surface area contributed by atoms with Crippen LogP contribution in [-0.4, -0.2) is 10.8 Å². The molecule has 0 spiro atoms. The van der Waals surface area contributed by atoms with Gasteiger partial charge in [-0.15, -0.1) is 0 Å². The molecule has 1 heterocycles. The average Bonchev–Trinajstić information content (AvgIpc) is 2.72. The summed E-state index contributed by atoms with van der Waals surface area (Å²) in [7, 11) is 0. The first-order valence-electron chi connectivity index (χ1n) is 5.31. The number of H-pyrrole nitrogens is 1. The minimum atomic E-state index is 0.0939. The van der Waals surface area contributed by atoms with Crippen molar-refractivity contribution in [1.82, 2.24) is 4.98 Å². The molecule has 3 nitrogen and oxygen atoms in total. The Morgan fingerprint density at radius 1 is 1.50 bits per heavy atom. The van der Waals surface area contributed by atoms with Crippen molar-refractivity contribution in [2.75, 3.05) is 0 Å². The van der Waals surface area contributed by atoms with E-state index in [1.54, 1.807) is 12.3 Å². The Morgan fingerprint density at radius 3 is 3.00 bits per heavy atom. The Hall–Kier alpha value is -2.08. The second-order valence-electron chi connectivity index (χ2n) is 3.72. The zero-order chi connectivity index (χ0) is 11.5. The third-order valence-corrected chi connectivity index (χ3v) is 2.60. The Labute approximate surface area is 93.7 Å². The van der Waals surface area contributed by atoms with Gasteiger partial charge in [0, 0.05) is 29.1 Å². The largest absolute Gasteiger partial charge is 0.360 e. The molecule has 1 aromatic heterocycles. The van der Waals surface area contributed by atoms with Gasteiger partial charge in [-0.05, 0) is 18.6 Å². The number of Topliss-reactive ketones (excluding diaryl/α,β-unsaturated/α-hetero) is 1. The molecule has 0 atom stereocenters. The number of fused-ring (bicyclic) bond motifs is 1. The molecule has 1 aromatic carbocycles. The van der Waals surface area contributed by atoms with Crippen LogP contribution in [0, 0.1) is 11.3 Å². The number of rotatable bonds is 3. The summed E-state index contributed by atoms with van der Waals surface area (Å²) in [4.78, 5) is 14.9. The van der Waals surface area contributed by atoms with E-state index in [-0.39, 0.29) is 5.78 Å². The van der Waals surface area contributed by atoms with Crippen LogP contribution < -0.4 is 0 Å². The molecule has 0 fully saturated rings. The molecule has 0 aliphatic heterocycles. The monoisotopic (exact) mass is 212 g/mol. The average molecular weight is 212 g/mol. The third-order valence-electron chi connectivity index (χ3n) is 2.60. The molecule has 80 valence electrons. The molecule has 0 saturated carbocycles. The lowest BCUT2D eigenvalue weighted by Gasteiger charge is -1.98. The van der Waals surface area contributed by atoms with Crippen molar-refractivity contribution in [1.29, 1.82) is 5.26 Å². The van der Waals surface area contributed by atoms with E-state index >= 15 is 0 Å². The Balaban J connectivity index is 2.63. The first kappa shape index (κ1) is 10.4. The van der Waals surface area contributed by atoms with Gasteiger partial charge in [-0.3, -0.25) is 4.79 Å². The maximum absolute atomic E-state index is 11.9. The van der Waals surface area contributed by atoms with Gasteiger partial charge in [-0.1, -0.05) is 13.0 Å². The summed E-state index contributed by atoms with van der Waals surface area (Å²) in [5.74, 6) is 0.0939. The molecule has 0 aliphatic carbocycles. The van der Waals surface area contributed by atoms with Gasteiger partial charge in [-0.25, -0.2) is 0 Å². The molecule has 2 rings (SSSR count). The molecule has 0 aliphatic rings. The van der Waals surface area contributed by atoms with E-state index in [4.69, 9.17) is 5.26 Å². The minimum absolute atomic E-state index is 0.0939. The smallest absolute Gasteiger partial charge is 0.165 e. The highest BCUT2D eigenvalue weighted by molar-refractivity contribution is 6.09. The van der Waals surface area contributed by atoms with Crippen LogP contribution >= 0.6 is 0 Å². The second kappa shape index (κ2) is 4.19. The van der Waals surface area contributed by atoms with E-state index in [2.05, 4.69) is 11.1 Å². The van der Waals surface area contributed by atoms with Crippen LogP contribution in [0.1, 0.15) is 35.7 Å². The van der Waals surface area contributed by atoms with Crippen molar-refractivity contribution >= 4 is 16.7 Å². The lowest BCUT2D eigenvalue weighted by atomic mass is 10.0. The fourth-order valence-electron chi connectivity index (χ4n) is 1.86. The molecule has 0 amide bonds. The number of hydrogen-bond acceptors (Lipinski definition) is 2. The van der Waals surface area contributed by atoms with Gasteiger partial charge in [0.05, 0.1) is 11.6 Å². The van der Waals surface area contributed by atoms with E-state index in [1.165, 1.54) is 0 Å². The van der Waals surface area contributed by atoms with Crippen molar-refractivity contribution < 1.29 is 4.79 Å². The molecule has 3 heteroatoms. The number of nitrogens with one attached hydrogen (secondary N) is 1.